The van der Waals surface area contributed by atoms with Gasteiger partial charge in [-0.05, 0) is 38.1 Å². The molecule has 2 N–H and O–H groups in total. The third kappa shape index (κ3) is 4.39. The van der Waals surface area contributed by atoms with Crippen LogP contribution in [0.5, 0.6) is 0 Å². The molecule has 0 aliphatic carbocycles. The van der Waals surface area contributed by atoms with Gasteiger partial charge >= 0.3 is 0 Å². The minimum Gasteiger partial charge on any atom is -0.346 e. The number of aryl methyl sites for hydroxylation is 1. The summed E-state index contributed by atoms with van der Waals surface area (Å²) >= 11 is 1.40. The van der Waals surface area contributed by atoms with Crippen LogP contribution < -0.4 is 10.6 Å². The van der Waals surface area contributed by atoms with Crippen LogP contribution in [0.1, 0.15) is 33.2 Å². The maximum atomic E-state index is 11.8. The molecule has 1 atom stereocenters. The first kappa shape index (κ1) is 15.2. The monoisotopic (exact) mass is 303 g/mol. The number of hydrogen-bond acceptors (Lipinski definition) is 4. The van der Waals surface area contributed by atoms with E-state index in [-0.39, 0.29) is 24.4 Å². The van der Waals surface area contributed by atoms with Gasteiger partial charge in [0.25, 0.3) is 5.91 Å². The van der Waals surface area contributed by atoms with Crippen LogP contribution in [0.4, 0.5) is 0 Å². The minimum atomic E-state index is -0.241. The molecule has 2 rings (SSSR count). The molecule has 6 heteroatoms. The molecule has 2 aromatic rings. The van der Waals surface area contributed by atoms with Gasteiger partial charge in [0.05, 0.1) is 23.2 Å². The molecular formula is C15H17N3O2S. The molecule has 2 amide bonds. The van der Waals surface area contributed by atoms with Gasteiger partial charge in [-0.25, -0.2) is 0 Å². The van der Waals surface area contributed by atoms with E-state index in [2.05, 4.69) is 15.6 Å². The van der Waals surface area contributed by atoms with Crippen LogP contribution in [0, 0.1) is 6.92 Å². The summed E-state index contributed by atoms with van der Waals surface area (Å²) in [5.41, 5.74) is 0.783. The van der Waals surface area contributed by atoms with E-state index < -0.39 is 0 Å². The van der Waals surface area contributed by atoms with E-state index in [9.17, 15) is 9.59 Å². The summed E-state index contributed by atoms with van der Waals surface area (Å²) in [6, 6.07) is 8.97. The SMILES string of the molecule is Cc1ccc(C(=O)NCC(=O)NC(C)c2ccccn2)s1. The van der Waals surface area contributed by atoms with Crippen molar-refractivity contribution in [2.45, 2.75) is 19.9 Å². The molecule has 0 aromatic carbocycles. The number of carbonyl (C=O) groups excluding carboxylic acids is 2. The smallest absolute Gasteiger partial charge is 0.261 e. The largest absolute Gasteiger partial charge is 0.346 e. The van der Waals surface area contributed by atoms with Gasteiger partial charge in [0.1, 0.15) is 0 Å². The lowest BCUT2D eigenvalue weighted by atomic mass is 10.2. The maximum Gasteiger partial charge on any atom is 0.261 e. The Kier molecular flexibility index (Phi) is 5.05. The molecule has 2 heterocycles. The molecule has 0 saturated heterocycles. The molecule has 0 aliphatic rings. The topological polar surface area (TPSA) is 71.1 Å². The fourth-order valence-electron chi connectivity index (χ4n) is 1.80. The Balaban J connectivity index is 1.81. The first-order valence-corrected chi connectivity index (χ1v) is 7.43. The van der Waals surface area contributed by atoms with Gasteiger partial charge < -0.3 is 10.6 Å². The molecule has 5 nitrogen and oxygen atoms in total. The van der Waals surface area contributed by atoms with Gasteiger partial charge in [-0.15, -0.1) is 11.3 Å². The maximum absolute atomic E-state index is 11.8. The molecule has 0 fully saturated rings. The highest BCUT2D eigenvalue weighted by Gasteiger charge is 2.12. The van der Waals surface area contributed by atoms with E-state index in [1.54, 1.807) is 12.3 Å². The number of amides is 2. The van der Waals surface area contributed by atoms with Gasteiger partial charge in [0, 0.05) is 11.1 Å². The number of nitrogens with one attached hydrogen (secondary N) is 2. The summed E-state index contributed by atoms with van der Waals surface area (Å²) in [5, 5.41) is 5.40. The second kappa shape index (κ2) is 6.99. The third-order valence-electron chi connectivity index (χ3n) is 2.88. The summed E-state index contributed by atoms with van der Waals surface area (Å²) in [4.78, 5) is 29.5. The standard InChI is InChI=1S/C15H17N3O2S/c1-10-6-7-13(21-10)15(20)17-9-14(19)18-11(2)12-5-3-4-8-16-12/h3-8,11H,9H2,1-2H3,(H,17,20)(H,18,19). The Labute approximate surface area is 127 Å². The van der Waals surface area contributed by atoms with Gasteiger partial charge in [-0.1, -0.05) is 6.07 Å². The summed E-state index contributed by atoms with van der Waals surface area (Å²) in [6.45, 7) is 3.74. The van der Waals surface area contributed by atoms with Crippen molar-refractivity contribution in [3.8, 4) is 0 Å². The number of carbonyl (C=O) groups is 2. The lowest BCUT2D eigenvalue weighted by Gasteiger charge is -2.13. The normalized spacial score (nSPS) is 11.7. The average molecular weight is 303 g/mol. The molecule has 0 bridgehead atoms. The number of aromatic nitrogens is 1. The van der Waals surface area contributed by atoms with Crippen LogP contribution in [0.3, 0.4) is 0 Å². The predicted octanol–water partition coefficient (Wildman–Crippen LogP) is 2.06. The highest BCUT2D eigenvalue weighted by atomic mass is 32.1. The molecule has 0 saturated carbocycles. The second-order valence-electron chi connectivity index (χ2n) is 4.64. The fraction of sp³-hybridized carbons (Fsp3) is 0.267. The number of nitrogens with zero attached hydrogens (tertiary/aromatic N) is 1. The quantitative estimate of drug-likeness (QED) is 0.888. The number of thiophene rings is 1. The van der Waals surface area contributed by atoms with Crippen molar-refractivity contribution in [1.29, 1.82) is 0 Å². The lowest BCUT2D eigenvalue weighted by Crippen LogP contribution is -2.38. The van der Waals surface area contributed by atoms with E-state index >= 15 is 0 Å². The van der Waals surface area contributed by atoms with Crippen molar-refractivity contribution in [2.75, 3.05) is 6.54 Å². The van der Waals surface area contributed by atoms with E-state index in [4.69, 9.17) is 0 Å². The van der Waals surface area contributed by atoms with Gasteiger partial charge in [0.15, 0.2) is 0 Å². The van der Waals surface area contributed by atoms with Crippen molar-refractivity contribution >= 4 is 23.2 Å². The van der Waals surface area contributed by atoms with Crippen molar-refractivity contribution in [2.24, 2.45) is 0 Å². The van der Waals surface area contributed by atoms with Crippen molar-refractivity contribution < 1.29 is 9.59 Å². The summed E-state index contributed by atoms with van der Waals surface area (Å²) < 4.78 is 0. The van der Waals surface area contributed by atoms with Crippen LogP contribution in [0.15, 0.2) is 36.5 Å². The Hall–Kier alpha value is -2.21. The highest BCUT2D eigenvalue weighted by Crippen LogP contribution is 2.14. The zero-order valence-electron chi connectivity index (χ0n) is 11.9. The van der Waals surface area contributed by atoms with Crippen LogP contribution >= 0.6 is 11.3 Å². The van der Waals surface area contributed by atoms with E-state index in [0.717, 1.165) is 10.6 Å². The van der Waals surface area contributed by atoms with Crippen molar-refractivity contribution in [1.82, 2.24) is 15.6 Å². The lowest BCUT2D eigenvalue weighted by molar-refractivity contribution is -0.120. The van der Waals surface area contributed by atoms with Crippen LogP contribution in [0.25, 0.3) is 0 Å². The number of hydrogen-bond donors (Lipinski definition) is 2. The molecule has 0 spiro atoms. The molecule has 1 unspecified atom stereocenters. The second-order valence-corrected chi connectivity index (χ2v) is 5.92. The van der Waals surface area contributed by atoms with E-state index in [1.165, 1.54) is 11.3 Å². The van der Waals surface area contributed by atoms with E-state index in [1.807, 2.05) is 38.1 Å². The van der Waals surface area contributed by atoms with Crippen LogP contribution in [-0.4, -0.2) is 23.3 Å². The summed E-state index contributed by atoms with van der Waals surface area (Å²) in [7, 11) is 0. The molecule has 110 valence electrons. The fourth-order valence-corrected chi connectivity index (χ4v) is 2.59. The molecule has 0 aliphatic heterocycles. The Morgan fingerprint density at radius 3 is 2.71 bits per heavy atom. The Morgan fingerprint density at radius 1 is 1.29 bits per heavy atom. The van der Waals surface area contributed by atoms with Gasteiger partial charge in [-0.2, -0.15) is 0 Å². The van der Waals surface area contributed by atoms with Crippen LogP contribution in [0.2, 0.25) is 0 Å². The summed E-state index contributed by atoms with van der Waals surface area (Å²) in [5.74, 6) is -0.469. The zero-order chi connectivity index (χ0) is 15.2. The number of pyridine rings is 1. The number of rotatable bonds is 5. The molecular weight excluding hydrogens is 286 g/mol. The predicted molar refractivity (Wildman–Crippen MR) is 82.2 cm³/mol. The van der Waals surface area contributed by atoms with Gasteiger partial charge in [0.2, 0.25) is 5.91 Å². The Bertz CT molecular complexity index is 625. The third-order valence-corrected chi connectivity index (χ3v) is 3.88. The summed E-state index contributed by atoms with van der Waals surface area (Å²) in [6.07, 6.45) is 1.68. The van der Waals surface area contributed by atoms with Crippen molar-refractivity contribution in [3.05, 3.63) is 52.0 Å². The van der Waals surface area contributed by atoms with Crippen LogP contribution in [-0.2, 0) is 4.79 Å². The van der Waals surface area contributed by atoms with E-state index in [0.29, 0.717) is 4.88 Å². The first-order chi connectivity index (χ1) is 10.1. The average Bonchev–Trinajstić information content (AvgIpc) is 2.92. The Morgan fingerprint density at radius 2 is 2.10 bits per heavy atom. The molecule has 2 aromatic heterocycles. The minimum absolute atomic E-state index is 0.0487. The highest BCUT2D eigenvalue weighted by molar-refractivity contribution is 7.13. The molecule has 0 radical (unpaired) electrons. The first-order valence-electron chi connectivity index (χ1n) is 6.61. The van der Waals surface area contributed by atoms with Gasteiger partial charge in [-0.3, -0.25) is 14.6 Å². The molecule has 21 heavy (non-hydrogen) atoms. The van der Waals surface area contributed by atoms with Crippen molar-refractivity contribution in [3.63, 3.8) is 0 Å². The zero-order valence-corrected chi connectivity index (χ0v) is 12.7.